The molecule has 7 heteroatoms. The molecule has 0 atom stereocenters. The van der Waals surface area contributed by atoms with E-state index >= 15 is 0 Å². The van der Waals surface area contributed by atoms with E-state index in [1.165, 1.54) is 13.4 Å². The lowest BCUT2D eigenvalue weighted by Gasteiger charge is -2.04. The van der Waals surface area contributed by atoms with Crippen molar-refractivity contribution in [3.05, 3.63) is 28.2 Å². The van der Waals surface area contributed by atoms with E-state index in [9.17, 15) is 4.79 Å². The molecule has 1 rings (SSSR count). The second-order valence-corrected chi connectivity index (χ2v) is 3.84. The van der Waals surface area contributed by atoms with Crippen molar-refractivity contribution in [2.45, 2.75) is 0 Å². The second kappa shape index (κ2) is 6.97. The summed E-state index contributed by atoms with van der Waals surface area (Å²) in [5, 5.41) is 0.252. The number of rotatable bonds is 2. The molecule has 88 valence electrons. The number of hydrogen-bond donors (Lipinski definition) is 0. The second-order valence-electron chi connectivity index (χ2n) is 2.71. The van der Waals surface area contributed by atoms with Crippen molar-refractivity contribution in [2.24, 2.45) is 4.99 Å². The van der Waals surface area contributed by atoms with Crippen molar-refractivity contribution in [1.82, 2.24) is 4.90 Å². The minimum atomic E-state index is -0.612. The molecule has 0 aliphatic heterocycles. The maximum absolute atomic E-state index is 10.6. The van der Waals surface area contributed by atoms with Crippen LogP contribution in [0.5, 0.6) is 0 Å². The first-order valence-corrected chi connectivity index (χ1v) is 5.05. The largest absolute Gasteiger partial charge is 0.321 e. The Balaban J connectivity index is 0.00000225. The van der Waals surface area contributed by atoms with Crippen LogP contribution < -0.4 is 0 Å². The van der Waals surface area contributed by atoms with Gasteiger partial charge in [-0.05, 0) is 29.8 Å². The van der Waals surface area contributed by atoms with Gasteiger partial charge in [0.2, 0.25) is 0 Å². The summed E-state index contributed by atoms with van der Waals surface area (Å²) in [4.78, 5) is 15.8. The molecule has 0 saturated carbocycles. The van der Waals surface area contributed by atoms with Crippen molar-refractivity contribution in [2.75, 3.05) is 7.05 Å². The van der Waals surface area contributed by atoms with Crippen LogP contribution >= 0.6 is 47.2 Å². The Labute approximate surface area is 114 Å². The standard InChI is InChI=1S/C9H7Cl3N2O.ClH/c1-14(9(12)15)5-13-6-2-3-7(10)8(11)4-6;/h2-5H,1H3;1H. The third-order valence-corrected chi connectivity index (χ3v) is 2.57. The first-order chi connectivity index (χ1) is 7.00. The van der Waals surface area contributed by atoms with Crippen LogP contribution in [0.2, 0.25) is 10.0 Å². The molecule has 1 aromatic carbocycles. The van der Waals surface area contributed by atoms with E-state index in [-0.39, 0.29) is 12.4 Å². The maximum atomic E-state index is 10.6. The molecule has 0 aliphatic carbocycles. The molecule has 0 spiro atoms. The monoisotopic (exact) mass is 300 g/mol. The molecule has 0 fully saturated rings. The van der Waals surface area contributed by atoms with Gasteiger partial charge in [0.05, 0.1) is 22.1 Å². The molecule has 16 heavy (non-hydrogen) atoms. The molecular weight excluding hydrogens is 294 g/mol. The Hall–Kier alpha value is -0.480. The lowest BCUT2D eigenvalue weighted by atomic mass is 10.3. The van der Waals surface area contributed by atoms with Gasteiger partial charge in [0.25, 0.3) is 0 Å². The summed E-state index contributed by atoms with van der Waals surface area (Å²) >= 11 is 16.7. The van der Waals surface area contributed by atoms with Crippen LogP contribution in [0.3, 0.4) is 0 Å². The molecule has 0 radical (unpaired) electrons. The van der Waals surface area contributed by atoms with Crippen LogP contribution in [-0.4, -0.2) is 23.7 Å². The fourth-order valence-corrected chi connectivity index (χ4v) is 1.10. The van der Waals surface area contributed by atoms with Gasteiger partial charge in [0, 0.05) is 7.05 Å². The molecule has 1 aromatic rings. The number of halogens is 4. The van der Waals surface area contributed by atoms with Crippen molar-refractivity contribution < 1.29 is 4.79 Å². The number of carbonyl (C=O) groups excluding carboxylic acids is 1. The summed E-state index contributed by atoms with van der Waals surface area (Å²) in [7, 11) is 1.50. The number of hydrogen-bond acceptors (Lipinski definition) is 2. The van der Waals surface area contributed by atoms with Gasteiger partial charge >= 0.3 is 5.37 Å². The lowest BCUT2D eigenvalue weighted by molar-refractivity contribution is 0.248. The number of nitrogens with zero attached hydrogens (tertiary/aromatic N) is 2. The molecule has 0 N–H and O–H groups in total. The van der Waals surface area contributed by atoms with E-state index < -0.39 is 5.37 Å². The Morgan fingerprint density at radius 3 is 2.50 bits per heavy atom. The van der Waals surface area contributed by atoms with Gasteiger partial charge in [0.1, 0.15) is 0 Å². The summed E-state index contributed by atoms with van der Waals surface area (Å²) in [6, 6.07) is 4.89. The van der Waals surface area contributed by atoms with Gasteiger partial charge in [-0.15, -0.1) is 12.4 Å². The molecule has 0 bridgehead atoms. The molecular formula is C9H8Cl4N2O. The third-order valence-electron chi connectivity index (χ3n) is 1.56. The fourth-order valence-electron chi connectivity index (χ4n) is 0.764. The quantitative estimate of drug-likeness (QED) is 0.346. The number of amides is 1. The average Bonchev–Trinajstić information content (AvgIpc) is 2.19. The zero-order valence-electron chi connectivity index (χ0n) is 8.15. The van der Waals surface area contributed by atoms with E-state index in [1.807, 2.05) is 0 Å². The molecule has 1 amide bonds. The highest BCUT2D eigenvalue weighted by Gasteiger charge is 2.01. The van der Waals surface area contributed by atoms with E-state index in [0.717, 1.165) is 4.90 Å². The van der Waals surface area contributed by atoms with Gasteiger partial charge < -0.3 is 0 Å². The number of benzene rings is 1. The maximum Gasteiger partial charge on any atom is 0.321 e. The van der Waals surface area contributed by atoms with Gasteiger partial charge in [-0.25, -0.2) is 4.99 Å². The minimum Gasteiger partial charge on any atom is -0.292 e. The van der Waals surface area contributed by atoms with Crippen LogP contribution in [0.1, 0.15) is 0 Å². The summed E-state index contributed by atoms with van der Waals surface area (Å²) in [5.41, 5.74) is 0.592. The van der Waals surface area contributed by atoms with Crippen LogP contribution in [0.25, 0.3) is 0 Å². The van der Waals surface area contributed by atoms with Crippen LogP contribution in [0.15, 0.2) is 23.2 Å². The van der Waals surface area contributed by atoms with Crippen molar-refractivity contribution in [3.8, 4) is 0 Å². The Morgan fingerprint density at radius 1 is 1.38 bits per heavy atom. The Morgan fingerprint density at radius 2 is 2.00 bits per heavy atom. The lowest BCUT2D eigenvalue weighted by Crippen LogP contribution is -2.17. The first kappa shape index (κ1) is 15.5. The molecule has 0 heterocycles. The normalized spacial score (nSPS) is 10.0. The zero-order chi connectivity index (χ0) is 11.4. The molecule has 0 aliphatic rings. The van der Waals surface area contributed by atoms with Gasteiger partial charge in [0.15, 0.2) is 0 Å². The minimum absolute atomic E-state index is 0. The SMILES string of the molecule is CN(C=Nc1ccc(Cl)c(Cl)c1)C(=O)Cl.Cl. The van der Waals surface area contributed by atoms with E-state index in [4.69, 9.17) is 34.8 Å². The van der Waals surface area contributed by atoms with Crippen molar-refractivity contribution in [1.29, 1.82) is 0 Å². The van der Waals surface area contributed by atoms with Crippen molar-refractivity contribution >= 4 is 64.6 Å². The van der Waals surface area contributed by atoms with Gasteiger partial charge in [-0.2, -0.15) is 0 Å². The number of aliphatic imine (C=N–C) groups is 1. The van der Waals surface area contributed by atoms with Crippen LogP contribution in [0.4, 0.5) is 10.5 Å². The molecule has 3 nitrogen and oxygen atoms in total. The van der Waals surface area contributed by atoms with E-state index in [0.29, 0.717) is 15.7 Å². The summed E-state index contributed by atoms with van der Waals surface area (Å²) < 4.78 is 0. The Kier molecular flexibility index (Phi) is 6.76. The first-order valence-electron chi connectivity index (χ1n) is 3.92. The zero-order valence-corrected chi connectivity index (χ0v) is 11.2. The average molecular weight is 302 g/mol. The van der Waals surface area contributed by atoms with Crippen LogP contribution in [0, 0.1) is 0 Å². The smallest absolute Gasteiger partial charge is 0.292 e. The fraction of sp³-hybridized carbons (Fsp3) is 0.111. The highest BCUT2D eigenvalue weighted by molar-refractivity contribution is 6.63. The molecule has 0 saturated heterocycles. The predicted molar refractivity (Wildman–Crippen MR) is 70.9 cm³/mol. The predicted octanol–water partition coefficient (Wildman–Crippen LogP) is 4.37. The number of carbonyl (C=O) groups is 1. The van der Waals surface area contributed by atoms with E-state index in [2.05, 4.69) is 4.99 Å². The highest BCUT2D eigenvalue weighted by Crippen LogP contribution is 2.26. The third kappa shape index (κ3) is 4.58. The highest BCUT2D eigenvalue weighted by atomic mass is 35.5. The summed E-state index contributed by atoms with van der Waals surface area (Å²) in [6.45, 7) is 0. The summed E-state index contributed by atoms with van der Waals surface area (Å²) in [5.74, 6) is 0. The topological polar surface area (TPSA) is 32.7 Å². The van der Waals surface area contributed by atoms with Gasteiger partial charge in [-0.1, -0.05) is 23.2 Å². The summed E-state index contributed by atoms with van der Waals surface area (Å²) in [6.07, 6.45) is 1.30. The molecule has 0 unspecified atom stereocenters. The van der Waals surface area contributed by atoms with Crippen LogP contribution in [-0.2, 0) is 0 Å². The molecule has 0 aromatic heterocycles. The van der Waals surface area contributed by atoms with Gasteiger partial charge in [-0.3, -0.25) is 9.69 Å². The Bertz CT molecular complexity index is 408. The van der Waals surface area contributed by atoms with Crippen molar-refractivity contribution in [3.63, 3.8) is 0 Å². The van der Waals surface area contributed by atoms with E-state index in [1.54, 1.807) is 18.2 Å².